The van der Waals surface area contributed by atoms with Crippen LogP contribution in [0.4, 0.5) is 0 Å². The first kappa shape index (κ1) is 14.4. The lowest BCUT2D eigenvalue weighted by Gasteiger charge is -2.28. The lowest BCUT2D eigenvalue weighted by Crippen LogP contribution is -2.40. The van der Waals surface area contributed by atoms with Gasteiger partial charge in [-0.25, -0.2) is 0 Å². The van der Waals surface area contributed by atoms with Crippen LogP contribution in [0.2, 0.25) is 5.02 Å². The largest absolute Gasteiger partial charge is 0.395 e. The molecule has 104 valence electrons. The molecule has 0 atom stereocenters. The van der Waals surface area contributed by atoms with Gasteiger partial charge in [0, 0.05) is 23.2 Å². The minimum Gasteiger partial charge on any atom is -0.395 e. The van der Waals surface area contributed by atoms with Crippen molar-refractivity contribution in [1.29, 1.82) is 0 Å². The maximum Gasteiger partial charge on any atom is 0.254 e. The predicted octanol–water partition coefficient (Wildman–Crippen LogP) is 3.03. The van der Waals surface area contributed by atoms with Gasteiger partial charge in [-0.15, -0.1) is 0 Å². The number of aryl methyl sites for hydroxylation is 1. The standard InChI is InChI=1S/C15H20ClNO2/c1-11-10-12(6-7-14(11)16)15(19)17(8-9-18)13-4-2-3-5-13/h6-7,10,13,18H,2-5,8-9H2,1H3. The Kier molecular flexibility index (Phi) is 4.83. The summed E-state index contributed by atoms with van der Waals surface area (Å²) in [5, 5.41) is 9.85. The van der Waals surface area contributed by atoms with Crippen molar-refractivity contribution in [2.24, 2.45) is 0 Å². The van der Waals surface area contributed by atoms with Crippen LogP contribution in [-0.2, 0) is 0 Å². The molecule has 0 saturated heterocycles. The number of carbonyl (C=O) groups is 1. The molecule has 1 aromatic rings. The van der Waals surface area contributed by atoms with E-state index in [0.717, 1.165) is 18.4 Å². The second-order valence-electron chi connectivity index (χ2n) is 5.12. The lowest BCUT2D eigenvalue weighted by molar-refractivity contribution is 0.0638. The van der Waals surface area contributed by atoms with Gasteiger partial charge in [-0.1, -0.05) is 24.4 Å². The first-order chi connectivity index (χ1) is 9.13. The molecule has 0 aliphatic heterocycles. The molecule has 0 aromatic heterocycles. The van der Waals surface area contributed by atoms with Gasteiger partial charge >= 0.3 is 0 Å². The number of carbonyl (C=O) groups excluding carboxylic acids is 1. The number of hydrogen-bond donors (Lipinski definition) is 1. The molecule has 1 fully saturated rings. The highest BCUT2D eigenvalue weighted by atomic mass is 35.5. The first-order valence-electron chi connectivity index (χ1n) is 6.81. The van der Waals surface area contributed by atoms with Crippen molar-refractivity contribution in [3.05, 3.63) is 34.3 Å². The molecular weight excluding hydrogens is 262 g/mol. The number of halogens is 1. The summed E-state index contributed by atoms with van der Waals surface area (Å²) in [6, 6.07) is 5.62. The van der Waals surface area contributed by atoms with Crippen LogP contribution in [-0.4, -0.2) is 35.1 Å². The summed E-state index contributed by atoms with van der Waals surface area (Å²) < 4.78 is 0. The van der Waals surface area contributed by atoms with Gasteiger partial charge in [-0.05, 0) is 43.5 Å². The van der Waals surface area contributed by atoms with Gasteiger partial charge in [0.05, 0.1) is 6.61 Å². The third-order valence-corrected chi connectivity index (χ3v) is 4.20. The minimum atomic E-state index is 0.000664. The summed E-state index contributed by atoms with van der Waals surface area (Å²) in [7, 11) is 0. The third-order valence-electron chi connectivity index (χ3n) is 3.77. The summed E-state index contributed by atoms with van der Waals surface area (Å²) in [5.41, 5.74) is 1.56. The van der Waals surface area contributed by atoms with Gasteiger partial charge in [-0.3, -0.25) is 4.79 Å². The van der Waals surface area contributed by atoms with Crippen LogP contribution < -0.4 is 0 Å². The molecule has 1 amide bonds. The molecule has 1 aromatic carbocycles. The Balaban J connectivity index is 2.20. The van der Waals surface area contributed by atoms with Gasteiger partial charge < -0.3 is 10.0 Å². The molecule has 1 saturated carbocycles. The van der Waals surface area contributed by atoms with E-state index < -0.39 is 0 Å². The van der Waals surface area contributed by atoms with Gasteiger partial charge in [0.15, 0.2) is 0 Å². The van der Waals surface area contributed by atoms with E-state index in [9.17, 15) is 9.90 Å². The van der Waals surface area contributed by atoms with Crippen LogP contribution in [0.15, 0.2) is 18.2 Å². The highest BCUT2D eigenvalue weighted by molar-refractivity contribution is 6.31. The van der Waals surface area contributed by atoms with Crippen LogP contribution in [0, 0.1) is 6.92 Å². The fourth-order valence-corrected chi connectivity index (χ4v) is 2.83. The maximum absolute atomic E-state index is 12.6. The van der Waals surface area contributed by atoms with E-state index in [1.165, 1.54) is 12.8 Å². The Morgan fingerprint density at radius 2 is 2.11 bits per heavy atom. The Labute approximate surface area is 119 Å². The molecule has 1 N–H and O–H groups in total. The van der Waals surface area contributed by atoms with Crippen molar-refractivity contribution < 1.29 is 9.90 Å². The van der Waals surface area contributed by atoms with Crippen LogP contribution >= 0.6 is 11.6 Å². The molecule has 0 unspecified atom stereocenters. The van der Waals surface area contributed by atoms with Crippen LogP contribution in [0.3, 0.4) is 0 Å². The second-order valence-corrected chi connectivity index (χ2v) is 5.53. The van der Waals surface area contributed by atoms with Crippen molar-refractivity contribution >= 4 is 17.5 Å². The number of nitrogens with zero attached hydrogens (tertiary/aromatic N) is 1. The van der Waals surface area contributed by atoms with Gasteiger partial charge in [-0.2, -0.15) is 0 Å². The predicted molar refractivity (Wildman–Crippen MR) is 76.6 cm³/mol. The summed E-state index contributed by atoms with van der Waals surface area (Å²) >= 11 is 5.99. The minimum absolute atomic E-state index is 0.000664. The van der Waals surface area contributed by atoms with E-state index >= 15 is 0 Å². The van der Waals surface area contributed by atoms with Crippen LogP contribution in [0.5, 0.6) is 0 Å². The number of rotatable bonds is 4. The lowest BCUT2D eigenvalue weighted by atomic mass is 10.1. The molecule has 0 radical (unpaired) electrons. The summed E-state index contributed by atoms with van der Waals surface area (Å²) in [6.45, 7) is 2.31. The number of benzene rings is 1. The van der Waals surface area contributed by atoms with Crippen molar-refractivity contribution in [3.63, 3.8) is 0 Å². The molecule has 4 heteroatoms. The monoisotopic (exact) mass is 281 g/mol. The molecule has 0 heterocycles. The Morgan fingerprint density at radius 3 is 2.68 bits per heavy atom. The Hall–Kier alpha value is -1.06. The Morgan fingerprint density at radius 1 is 1.42 bits per heavy atom. The van der Waals surface area contributed by atoms with Crippen molar-refractivity contribution in [3.8, 4) is 0 Å². The molecule has 0 spiro atoms. The van der Waals surface area contributed by atoms with E-state index in [0.29, 0.717) is 17.1 Å². The van der Waals surface area contributed by atoms with Crippen molar-refractivity contribution in [2.45, 2.75) is 38.6 Å². The van der Waals surface area contributed by atoms with Crippen LogP contribution in [0.25, 0.3) is 0 Å². The van der Waals surface area contributed by atoms with Gasteiger partial charge in [0.25, 0.3) is 5.91 Å². The quantitative estimate of drug-likeness (QED) is 0.922. The number of aliphatic hydroxyl groups is 1. The van der Waals surface area contributed by atoms with Gasteiger partial charge in [0.1, 0.15) is 0 Å². The zero-order valence-corrected chi connectivity index (χ0v) is 12.0. The van der Waals surface area contributed by atoms with E-state index in [-0.39, 0.29) is 18.6 Å². The molecule has 0 bridgehead atoms. The average molecular weight is 282 g/mol. The fraction of sp³-hybridized carbons (Fsp3) is 0.533. The summed E-state index contributed by atoms with van der Waals surface area (Å²) in [5.74, 6) is 0.000664. The second kappa shape index (κ2) is 6.40. The molecular formula is C15H20ClNO2. The van der Waals surface area contributed by atoms with E-state index in [1.54, 1.807) is 12.1 Å². The van der Waals surface area contributed by atoms with Crippen molar-refractivity contribution in [1.82, 2.24) is 4.90 Å². The Bertz CT molecular complexity index is 455. The fourth-order valence-electron chi connectivity index (χ4n) is 2.72. The normalized spacial score (nSPS) is 15.7. The van der Waals surface area contributed by atoms with Crippen molar-refractivity contribution in [2.75, 3.05) is 13.2 Å². The number of amides is 1. The molecule has 1 aliphatic rings. The average Bonchev–Trinajstić information content (AvgIpc) is 2.92. The summed E-state index contributed by atoms with van der Waals surface area (Å²) in [4.78, 5) is 14.4. The number of hydrogen-bond acceptors (Lipinski definition) is 2. The molecule has 19 heavy (non-hydrogen) atoms. The zero-order valence-electron chi connectivity index (χ0n) is 11.2. The highest BCUT2D eigenvalue weighted by Gasteiger charge is 2.27. The smallest absolute Gasteiger partial charge is 0.254 e. The number of aliphatic hydroxyl groups excluding tert-OH is 1. The molecule has 3 nitrogen and oxygen atoms in total. The van der Waals surface area contributed by atoms with Crippen LogP contribution in [0.1, 0.15) is 41.6 Å². The summed E-state index contributed by atoms with van der Waals surface area (Å²) in [6.07, 6.45) is 4.41. The topological polar surface area (TPSA) is 40.5 Å². The van der Waals surface area contributed by atoms with E-state index in [2.05, 4.69) is 0 Å². The maximum atomic E-state index is 12.6. The zero-order chi connectivity index (χ0) is 13.8. The van der Waals surface area contributed by atoms with Gasteiger partial charge in [0.2, 0.25) is 0 Å². The van der Waals surface area contributed by atoms with E-state index in [4.69, 9.17) is 11.6 Å². The third kappa shape index (κ3) is 3.28. The van der Waals surface area contributed by atoms with E-state index in [1.807, 2.05) is 17.9 Å². The molecule has 1 aliphatic carbocycles. The SMILES string of the molecule is Cc1cc(C(=O)N(CCO)C2CCCC2)ccc1Cl. The highest BCUT2D eigenvalue weighted by Crippen LogP contribution is 2.25. The molecule has 2 rings (SSSR count). The first-order valence-corrected chi connectivity index (χ1v) is 7.19.